The highest BCUT2D eigenvalue weighted by Gasteiger charge is 2.33. The molecule has 1 aromatic carbocycles. The zero-order chi connectivity index (χ0) is 19.6. The molecule has 3 rings (SSSR count). The largest absolute Gasteiger partial charge is 0.504 e. The lowest BCUT2D eigenvalue weighted by molar-refractivity contribution is -0.140. The number of rotatable bonds is 5. The summed E-state index contributed by atoms with van der Waals surface area (Å²) in [6, 6.07) is 5.25. The highest BCUT2D eigenvalue weighted by Crippen LogP contribution is 2.30. The van der Waals surface area contributed by atoms with Crippen LogP contribution >= 0.6 is 11.3 Å². The predicted octanol–water partition coefficient (Wildman–Crippen LogP) is 3.16. The number of amides is 1. The second kappa shape index (κ2) is 7.35. The van der Waals surface area contributed by atoms with Crippen LogP contribution in [0.5, 0.6) is 5.75 Å². The first kappa shape index (κ1) is 18.8. The van der Waals surface area contributed by atoms with E-state index in [1.54, 1.807) is 0 Å². The molecule has 0 saturated carbocycles. The summed E-state index contributed by atoms with van der Waals surface area (Å²) in [5.74, 6) is -1.52. The van der Waals surface area contributed by atoms with Gasteiger partial charge in [0.05, 0.1) is 16.9 Å². The molecule has 0 saturated heterocycles. The first-order valence-corrected chi connectivity index (χ1v) is 8.46. The first-order chi connectivity index (χ1) is 12.7. The summed E-state index contributed by atoms with van der Waals surface area (Å²) in [7, 11) is 0. The number of alkyl halides is 3. The van der Waals surface area contributed by atoms with Gasteiger partial charge in [0.25, 0.3) is 5.91 Å². The molecule has 2 N–H and O–H groups in total. The number of carbonyl (C=O) groups is 1. The van der Waals surface area contributed by atoms with E-state index in [9.17, 15) is 27.5 Å². The van der Waals surface area contributed by atoms with Gasteiger partial charge < -0.3 is 10.4 Å². The van der Waals surface area contributed by atoms with Crippen LogP contribution in [0, 0.1) is 5.82 Å². The fourth-order valence-electron chi connectivity index (χ4n) is 2.18. The topological polar surface area (TPSA) is 80.0 Å². The molecule has 2 aromatic heterocycles. The number of hydrogen-bond donors (Lipinski definition) is 2. The van der Waals surface area contributed by atoms with Crippen LogP contribution in [-0.4, -0.2) is 32.3 Å². The second-order valence-electron chi connectivity index (χ2n) is 5.41. The number of thiazole rings is 1. The zero-order valence-corrected chi connectivity index (χ0v) is 14.3. The molecule has 0 radical (unpaired) electrons. The number of halogens is 4. The van der Waals surface area contributed by atoms with E-state index in [-0.39, 0.29) is 29.4 Å². The normalized spacial score (nSPS) is 11.6. The lowest BCUT2D eigenvalue weighted by atomic mass is 10.3. The number of carbonyl (C=O) groups excluding carboxylic acids is 1. The van der Waals surface area contributed by atoms with Crippen molar-refractivity contribution in [3.63, 3.8) is 0 Å². The van der Waals surface area contributed by atoms with Gasteiger partial charge in [-0.3, -0.25) is 4.79 Å². The third-order valence-corrected chi connectivity index (χ3v) is 4.38. The van der Waals surface area contributed by atoms with Crippen LogP contribution in [0.1, 0.15) is 21.2 Å². The van der Waals surface area contributed by atoms with Crippen LogP contribution in [-0.2, 0) is 12.6 Å². The first-order valence-electron chi connectivity index (χ1n) is 7.58. The fraction of sp³-hybridized carbons (Fsp3) is 0.188. The lowest BCUT2D eigenvalue weighted by Crippen LogP contribution is -2.26. The van der Waals surface area contributed by atoms with E-state index in [0.29, 0.717) is 5.69 Å². The van der Waals surface area contributed by atoms with Gasteiger partial charge in [0.15, 0.2) is 17.1 Å². The van der Waals surface area contributed by atoms with Crippen molar-refractivity contribution in [2.45, 2.75) is 12.6 Å². The van der Waals surface area contributed by atoms with Gasteiger partial charge in [-0.15, -0.1) is 11.3 Å². The Balaban J connectivity index is 1.61. The number of benzene rings is 1. The minimum Gasteiger partial charge on any atom is -0.504 e. The summed E-state index contributed by atoms with van der Waals surface area (Å²) >= 11 is 0.847. The maximum Gasteiger partial charge on any atom is 0.434 e. The van der Waals surface area contributed by atoms with E-state index in [1.807, 2.05) is 0 Å². The molecule has 0 aliphatic carbocycles. The van der Waals surface area contributed by atoms with Crippen LogP contribution in [0.4, 0.5) is 17.6 Å². The molecular weight excluding hydrogens is 388 g/mol. The molecular formula is C16H12F4N4O2S. The number of hydrogen-bond acceptors (Lipinski definition) is 5. The van der Waals surface area contributed by atoms with Crippen molar-refractivity contribution in [1.29, 1.82) is 0 Å². The maximum atomic E-state index is 13.0. The monoisotopic (exact) mass is 400 g/mol. The highest BCUT2D eigenvalue weighted by atomic mass is 32.1. The van der Waals surface area contributed by atoms with Gasteiger partial charge in [0.2, 0.25) is 0 Å². The Hall–Kier alpha value is -2.95. The smallest absolute Gasteiger partial charge is 0.434 e. The minimum atomic E-state index is -4.50. The van der Waals surface area contributed by atoms with E-state index in [2.05, 4.69) is 15.4 Å². The Bertz CT molecular complexity index is 950. The Morgan fingerprint density at radius 3 is 2.59 bits per heavy atom. The van der Waals surface area contributed by atoms with Crippen molar-refractivity contribution in [3.8, 4) is 11.4 Å². The molecule has 0 bridgehead atoms. The van der Waals surface area contributed by atoms with Crippen LogP contribution in [0.2, 0.25) is 0 Å². The molecule has 0 aliphatic heterocycles. The number of aromatic hydroxyl groups is 1. The molecule has 0 atom stereocenters. The molecule has 0 aliphatic rings. The van der Waals surface area contributed by atoms with Crippen molar-refractivity contribution < 1.29 is 27.5 Å². The molecule has 0 spiro atoms. The van der Waals surface area contributed by atoms with Crippen LogP contribution in [0.15, 0.2) is 35.8 Å². The second-order valence-corrected chi connectivity index (χ2v) is 6.36. The van der Waals surface area contributed by atoms with E-state index >= 15 is 0 Å². The summed E-state index contributed by atoms with van der Waals surface area (Å²) in [5, 5.41) is 17.4. The number of aromatic nitrogens is 3. The summed E-state index contributed by atoms with van der Waals surface area (Å²) in [4.78, 5) is 15.6. The third kappa shape index (κ3) is 4.42. The van der Waals surface area contributed by atoms with Gasteiger partial charge in [-0.1, -0.05) is 0 Å². The van der Waals surface area contributed by atoms with Crippen molar-refractivity contribution in [2.75, 3.05) is 6.54 Å². The van der Waals surface area contributed by atoms with E-state index in [1.165, 1.54) is 35.1 Å². The van der Waals surface area contributed by atoms with Crippen molar-refractivity contribution in [3.05, 3.63) is 58.1 Å². The lowest BCUT2D eigenvalue weighted by Gasteiger charge is -2.03. The average Bonchev–Trinajstić information content (AvgIpc) is 3.22. The van der Waals surface area contributed by atoms with Gasteiger partial charge in [-0.05, 0) is 24.3 Å². The third-order valence-electron chi connectivity index (χ3n) is 3.47. The Labute approximate surface area is 154 Å². The van der Waals surface area contributed by atoms with Crippen molar-refractivity contribution in [2.24, 2.45) is 0 Å². The molecule has 27 heavy (non-hydrogen) atoms. The SMILES string of the molecule is O=C(NCCc1nc(C(F)(F)F)cs1)c1nn(-c2ccc(F)cc2)cc1O. The molecule has 2 heterocycles. The molecule has 0 unspecified atom stereocenters. The molecule has 0 fully saturated rings. The minimum absolute atomic E-state index is 0.0203. The quantitative estimate of drug-likeness (QED) is 0.645. The number of nitrogens with zero attached hydrogens (tertiary/aromatic N) is 3. The van der Waals surface area contributed by atoms with E-state index < -0.39 is 23.6 Å². The molecule has 6 nitrogen and oxygen atoms in total. The average molecular weight is 400 g/mol. The summed E-state index contributed by atoms with van der Waals surface area (Å²) in [5.41, 5.74) is -0.785. The Kier molecular flexibility index (Phi) is 5.13. The van der Waals surface area contributed by atoms with Crippen LogP contribution in [0.3, 0.4) is 0 Å². The molecule has 3 aromatic rings. The van der Waals surface area contributed by atoms with E-state index in [0.717, 1.165) is 16.7 Å². The Morgan fingerprint density at radius 1 is 1.26 bits per heavy atom. The Morgan fingerprint density at radius 2 is 1.96 bits per heavy atom. The van der Waals surface area contributed by atoms with Crippen LogP contribution < -0.4 is 5.32 Å². The standard InChI is InChI=1S/C16H12F4N4O2S/c17-9-1-3-10(4-2-9)24-7-11(25)14(23-24)15(26)21-6-5-13-22-12(8-27-13)16(18,19)20/h1-4,7-8,25H,5-6H2,(H,21,26). The predicted molar refractivity (Wildman–Crippen MR) is 88.3 cm³/mol. The molecule has 142 valence electrons. The van der Waals surface area contributed by atoms with Gasteiger partial charge in [-0.25, -0.2) is 14.1 Å². The van der Waals surface area contributed by atoms with E-state index in [4.69, 9.17) is 0 Å². The zero-order valence-electron chi connectivity index (χ0n) is 13.5. The molecule has 11 heteroatoms. The number of nitrogens with one attached hydrogen (secondary N) is 1. The highest BCUT2D eigenvalue weighted by molar-refractivity contribution is 7.09. The fourth-order valence-corrected chi connectivity index (χ4v) is 2.98. The van der Waals surface area contributed by atoms with Gasteiger partial charge in [-0.2, -0.15) is 18.3 Å². The van der Waals surface area contributed by atoms with Gasteiger partial charge in [0, 0.05) is 18.3 Å². The summed E-state index contributed by atoms with van der Waals surface area (Å²) in [6.45, 7) is 0.0203. The van der Waals surface area contributed by atoms with Crippen molar-refractivity contribution >= 4 is 17.2 Å². The summed E-state index contributed by atoms with van der Waals surface area (Å²) < 4.78 is 51.7. The van der Waals surface area contributed by atoms with Crippen molar-refractivity contribution in [1.82, 2.24) is 20.1 Å². The van der Waals surface area contributed by atoms with Gasteiger partial charge >= 0.3 is 6.18 Å². The maximum absolute atomic E-state index is 13.0. The summed E-state index contributed by atoms with van der Waals surface area (Å²) in [6.07, 6.45) is -3.21. The van der Waals surface area contributed by atoms with Crippen LogP contribution in [0.25, 0.3) is 5.69 Å². The molecule has 1 amide bonds. The van der Waals surface area contributed by atoms with Gasteiger partial charge in [0.1, 0.15) is 5.82 Å².